The number of amides is 1. The molecule has 0 unspecified atom stereocenters. The van der Waals surface area contributed by atoms with Crippen molar-refractivity contribution >= 4 is 22.5 Å². The smallest absolute Gasteiger partial charge is 0.251 e. The van der Waals surface area contributed by atoms with Gasteiger partial charge in [-0.05, 0) is 73.8 Å². The van der Waals surface area contributed by atoms with E-state index >= 15 is 0 Å². The van der Waals surface area contributed by atoms with Gasteiger partial charge in [-0.25, -0.2) is 4.98 Å². The third-order valence-corrected chi connectivity index (χ3v) is 5.13. The van der Waals surface area contributed by atoms with Crippen LogP contribution < -0.4 is 25.8 Å². The van der Waals surface area contributed by atoms with Crippen LogP contribution in [0.15, 0.2) is 54.7 Å². The van der Waals surface area contributed by atoms with E-state index in [0.29, 0.717) is 30.3 Å². The monoisotopic (exact) mass is 422 g/mol. The summed E-state index contributed by atoms with van der Waals surface area (Å²) in [4.78, 5) is 16.4. The first-order valence-corrected chi connectivity index (χ1v) is 10.2. The molecule has 7 nitrogen and oxygen atoms in total. The van der Waals surface area contributed by atoms with Gasteiger partial charge in [0.1, 0.15) is 30.0 Å². The summed E-state index contributed by atoms with van der Waals surface area (Å²) < 4.78 is 11.7. The average molecular weight is 423 g/mol. The number of aromatic nitrogens is 1. The SMILES string of the molecule is C.Nc1nccc2ccc(OCCNC(=O)c3ccc(OC4CCNCC4)cc3)cc12. The molecule has 0 aliphatic carbocycles. The molecule has 4 N–H and O–H groups in total. The maximum absolute atomic E-state index is 12.3. The Morgan fingerprint density at radius 2 is 1.84 bits per heavy atom. The molecule has 2 heterocycles. The van der Waals surface area contributed by atoms with Crippen molar-refractivity contribution in [2.45, 2.75) is 26.4 Å². The molecule has 7 heteroatoms. The van der Waals surface area contributed by atoms with E-state index in [1.54, 1.807) is 18.3 Å². The van der Waals surface area contributed by atoms with Crippen molar-refractivity contribution in [3.8, 4) is 11.5 Å². The molecule has 1 amide bonds. The summed E-state index contributed by atoms with van der Waals surface area (Å²) >= 11 is 0. The molecule has 2 aromatic carbocycles. The van der Waals surface area contributed by atoms with Crippen LogP contribution in [0, 0.1) is 0 Å². The number of hydrogen-bond donors (Lipinski definition) is 3. The van der Waals surface area contributed by atoms with E-state index in [4.69, 9.17) is 15.2 Å². The Labute approximate surface area is 183 Å². The number of hydrogen-bond acceptors (Lipinski definition) is 6. The van der Waals surface area contributed by atoms with Crippen molar-refractivity contribution in [1.82, 2.24) is 15.6 Å². The van der Waals surface area contributed by atoms with Crippen molar-refractivity contribution in [1.29, 1.82) is 0 Å². The number of nitrogens with one attached hydrogen (secondary N) is 2. The van der Waals surface area contributed by atoms with Gasteiger partial charge in [0, 0.05) is 17.1 Å². The van der Waals surface area contributed by atoms with E-state index in [2.05, 4.69) is 15.6 Å². The normalized spacial score (nSPS) is 13.9. The number of fused-ring (bicyclic) bond motifs is 1. The lowest BCUT2D eigenvalue weighted by Gasteiger charge is -2.23. The maximum Gasteiger partial charge on any atom is 0.251 e. The summed E-state index contributed by atoms with van der Waals surface area (Å²) in [6.07, 6.45) is 3.93. The molecule has 1 saturated heterocycles. The van der Waals surface area contributed by atoms with Crippen molar-refractivity contribution in [3.63, 3.8) is 0 Å². The van der Waals surface area contributed by atoms with Crippen LogP contribution in [0.4, 0.5) is 5.82 Å². The predicted molar refractivity (Wildman–Crippen MR) is 124 cm³/mol. The lowest BCUT2D eigenvalue weighted by molar-refractivity contribution is 0.0947. The van der Waals surface area contributed by atoms with Gasteiger partial charge in [-0.2, -0.15) is 0 Å². The largest absolute Gasteiger partial charge is 0.492 e. The molecule has 0 atom stereocenters. The second-order valence-electron chi connectivity index (χ2n) is 7.28. The number of rotatable bonds is 7. The van der Waals surface area contributed by atoms with Crippen LogP contribution >= 0.6 is 0 Å². The number of nitrogen functional groups attached to an aromatic ring is 1. The van der Waals surface area contributed by atoms with Crippen molar-refractivity contribution in [2.24, 2.45) is 0 Å². The van der Waals surface area contributed by atoms with Crippen LogP contribution in [-0.2, 0) is 0 Å². The molecular formula is C24H30N4O3. The van der Waals surface area contributed by atoms with E-state index in [9.17, 15) is 4.79 Å². The van der Waals surface area contributed by atoms with Gasteiger partial charge in [0.25, 0.3) is 5.91 Å². The summed E-state index contributed by atoms with van der Waals surface area (Å²) in [6, 6.07) is 14.8. The van der Waals surface area contributed by atoms with Gasteiger partial charge in [-0.1, -0.05) is 13.5 Å². The Balaban J connectivity index is 0.00000272. The minimum atomic E-state index is -0.140. The van der Waals surface area contributed by atoms with Crippen molar-refractivity contribution in [3.05, 3.63) is 60.3 Å². The molecule has 31 heavy (non-hydrogen) atoms. The number of carbonyl (C=O) groups excluding carboxylic acids is 1. The topological polar surface area (TPSA) is 98.5 Å². The average Bonchev–Trinajstić information content (AvgIpc) is 2.78. The molecule has 4 rings (SSSR count). The fraction of sp³-hybridized carbons (Fsp3) is 0.333. The third-order valence-electron chi connectivity index (χ3n) is 5.13. The number of nitrogens with zero attached hydrogens (tertiary/aromatic N) is 1. The molecule has 1 aliphatic rings. The minimum absolute atomic E-state index is 0. The summed E-state index contributed by atoms with van der Waals surface area (Å²) in [6.45, 7) is 2.72. The second-order valence-corrected chi connectivity index (χ2v) is 7.28. The lowest BCUT2D eigenvalue weighted by Crippen LogP contribution is -2.34. The number of benzene rings is 2. The summed E-state index contributed by atoms with van der Waals surface area (Å²) in [7, 11) is 0. The van der Waals surface area contributed by atoms with E-state index in [1.807, 2.05) is 36.4 Å². The van der Waals surface area contributed by atoms with E-state index in [-0.39, 0.29) is 19.4 Å². The number of anilines is 1. The molecule has 3 aromatic rings. The Bertz CT molecular complexity index is 1000. The molecule has 0 radical (unpaired) electrons. The first-order valence-electron chi connectivity index (χ1n) is 10.2. The zero-order valence-corrected chi connectivity index (χ0v) is 16.8. The second kappa shape index (κ2) is 10.6. The zero-order valence-electron chi connectivity index (χ0n) is 16.8. The van der Waals surface area contributed by atoms with Crippen LogP contribution in [0.5, 0.6) is 11.5 Å². The zero-order chi connectivity index (χ0) is 20.8. The fourth-order valence-corrected chi connectivity index (χ4v) is 3.49. The number of pyridine rings is 1. The molecule has 0 saturated carbocycles. The molecule has 1 aliphatic heterocycles. The number of nitrogens with two attached hydrogens (primary N) is 1. The number of ether oxygens (including phenoxy) is 2. The first kappa shape index (κ1) is 22.4. The van der Waals surface area contributed by atoms with Gasteiger partial charge in [0.05, 0.1) is 6.54 Å². The fourth-order valence-electron chi connectivity index (χ4n) is 3.49. The summed E-state index contributed by atoms with van der Waals surface area (Å²) in [5, 5.41) is 8.05. The predicted octanol–water partition coefficient (Wildman–Crippen LogP) is 3.39. The summed E-state index contributed by atoms with van der Waals surface area (Å²) in [5.74, 6) is 1.82. The van der Waals surface area contributed by atoms with Crippen LogP contribution in [-0.4, -0.2) is 43.2 Å². The molecular weight excluding hydrogens is 392 g/mol. The number of carbonyl (C=O) groups is 1. The van der Waals surface area contributed by atoms with E-state index in [0.717, 1.165) is 42.5 Å². The highest BCUT2D eigenvalue weighted by Gasteiger charge is 2.14. The first-order chi connectivity index (χ1) is 14.7. The van der Waals surface area contributed by atoms with Gasteiger partial charge in [-0.15, -0.1) is 0 Å². The summed E-state index contributed by atoms with van der Waals surface area (Å²) in [5.41, 5.74) is 6.51. The van der Waals surface area contributed by atoms with Crippen molar-refractivity contribution in [2.75, 3.05) is 32.0 Å². The molecule has 1 aromatic heterocycles. The van der Waals surface area contributed by atoms with Crippen LogP contribution in [0.3, 0.4) is 0 Å². The Morgan fingerprint density at radius 1 is 1.10 bits per heavy atom. The van der Waals surface area contributed by atoms with Crippen LogP contribution in [0.2, 0.25) is 0 Å². The van der Waals surface area contributed by atoms with Gasteiger partial charge < -0.3 is 25.8 Å². The molecule has 0 bridgehead atoms. The lowest BCUT2D eigenvalue weighted by atomic mass is 10.1. The molecule has 1 fully saturated rings. The standard InChI is InChI=1S/C23H26N4O3.CH4/c24-22-21-15-20(6-1-16(21)7-12-26-22)29-14-13-27-23(28)17-2-4-18(5-3-17)30-19-8-10-25-11-9-19;/h1-7,12,15,19,25H,8-11,13-14H2,(H2,24,26)(H,27,28);1H4. The highest BCUT2D eigenvalue weighted by atomic mass is 16.5. The Kier molecular flexibility index (Phi) is 7.67. The van der Waals surface area contributed by atoms with Crippen LogP contribution in [0.25, 0.3) is 10.8 Å². The molecule has 164 valence electrons. The Morgan fingerprint density at radius 3 is 2.61 bits per heavy atom. The Hall–Kier alpha value is -3.32. The quantitative estimate of drug-likeness (QED) is 0.505. The van der Waals surface area contributed by atoms with E-state index in [1.165, 1.54) is 0 Å². The van der Waals surface area contributed by atoms with Gasteiger partial charge in [-0.3, -0.25) is 4.79 Å². The van der Waals surface area contributed by atoms with Gasteiger partial charge >= 0.3 is 0 Å². The van der Waals surface area contributed by atoms with Crippen molar-refractivity contribution < 1.29 is 14.3 Å². The highest BCUT2D eigenvalue weighted by molar-refractivity contribution is 5.94. The third kappa shape index (κ3) is 5.86. The van der Waals surface area contributed by atoms with Gasteiger partial charge in [0.15, 0.2) is 0 Å². The highest BCUT2D eigenvalue weighted by Crippen LogP contribution is 2.24. The van der Waals surface area contributed by atoms with Crippen LogP contribution in [0.1, 0.15) is 30.6 Å². The van der Waals surface area contributed by atoms with E-state index < -0.39 is 0 Å². The minimum Gasteiger partial charge on any atom is -0.492 e. The number of piperidine rings is 1. The van der Waals surface area contributed by atoms with Gasteiger partial charge in [0.2, 0.25) is 0 Å². The maximum atomic E-state index is 12.3. The molecule has 0 spiro atoms.